The van der Waals surface area contributed by atoms with Crippen LogP contribution in [-0.2, 0) is 0 Å². The van der Waals surface area contributed by atoms with E-state index in [9.17, 15) is 10.2 Å². The first-order chi connectivity index (χ1) is 9.65. The van der Waals surface area contributed by atoms with Gasteiger partial charge >= 0.3 is 0 Å². The molecule has 2 atom stereocenters. The van der Waals surface area contributed by atoms with Crippen molar-refractivity contribution in [3.63, 3.8) is 0 Å². The second-order valence-electron chi connectivity index (χ2n) is 4.40. The zero-order valence-electron chi connectivity index (χ0n) is 10.7. The van der Waals surface area contributed by atoms with E-state index in [0.717, 1.165) is 10.8 Å². The van der Waals surface area contributed by atoms with Crippen molar-refractivity contribution < 1.29 is 10.2 Å². The summed E-state index contributed by atoms with van der Waals surface area (Å²) in [6.07, 6.45) is -0.514. The van der Waals surface area contributed by atoms with Crippen LogP contribution in [0.4, 0.5) is 5.82 Å². The van der Waals surface area contributed by atoms with Crippen molar-refractivity contribution in [2.24, 2.45) is 5.11 Å². The van der Waals surface area contributed by atoms with Crippen molar-refractivity contribution in [1.82, 2.24) is 4.98 Å². The molecule has 104 valence electrons. The number of fused-ring (bicyclic) bond motifs is 1. The molecule has 1 heterocycles. The number of aromatic nitrogens is 1. The van der Waals surface area contributed by atoms with Crippen LogP contribution < -0.4 is 5.73 Å². The Morgan fingerprint density at radius 3 is 2.70 bits per heavy atom. The highest BCUT2D eigenvalue weighted by Gasteiger charge is 2.20. The third kappa shape index (κ3) is 2.80. The molecule has 2 aromatic rings. The van der Waals surface area contributed by atoms with Gasteiger partial charge in [0.2, 0.25) is 0 Å². The third-order valence-corrected chi connectivity index (χ3v) is 3.13. The second-order valence-corrected chi connectivity index (χ2v) is 4.40. The molecule has 1 aromatic heterocycles. The molecule has 1 aromatic carbocycles. The number of nitrogens with zero attached hydrogens (tertiary/aromatic N) is 4. The number of rotatable bonds is 5. The molecule has 4 N–H and O–H groups in total. The lowest BCUT2D eigenvalue weighted by Gasteiger charge is -2.19. The molecule has 7 nitrogen and oxygen atoms in total. The van der Waals surface area contributed by atoms with E-state index in [1.54, 1.807) is 6.07 Å². The van der Waals surface area contributed by atoms with Crippen LogP contribution in [0.1, 0.15) is 18.1 Å². The minimum Gasteiger partial charge on any atom is -0.390 e. The first kappa shape index (κ1) is 14.1. The van der Waals surface area contributed by atoms with Gasteiger partial charge in [0.25, 0.3) is 0 Å². The maximum Gasteiger partial charge on any atom is 0.131 e. The van der Waals surface area contributed by atoms with Gasteiger partial charge in [0.05, 0.1) is 6.10 Å². The van der Waals surface area contributed by atoms with E-state index in [2.05, 4.69) is 15.0 Å². The van der Waals surface area contributed by atoms with Crippen LogP contribution in [0.5, 0.6) is 0 Å². The monoisotopic (exact) mass is 273 g/mol. The zero-order chi connectivity index (χ0) is 14.5. The Bertz CT molecular complexity index is 654. The number of benzene rings is 1. The molecular weight excluding hydrogens is 258 g/mol. The summed E-state index contributed by atoms with van der Waals surface area (Å²) >= 11 is 0. The van der Waals surface area contributed by atoms with E-state index < -0.39 is 12.2 Å². The van der Waals surface area contributed by atoms with E-state index >= 15 is 0 Å². The fraction of sp³-hybridized carbons (Fsp3) is 0.308. The predicted octanol–water partition coefficient (Wildman–Crippen LogP) is 1.91. The first-order valence-corrected chi connectivity index (χ1v) is 6.15. The SMILES string of the molecule is [N-]=[N+]=NCCC(O)C(O)c1cnc(N)c2ccccc12. The third-order valence-electron chi connectivity index (χ3n) is 3.13. The van der Waals surface area contributed by atoms with Crippen molar-refractivity contribution in [2.75, 3.05) is 12.3 Å². The Hall–Kier alpha value is -2.34. The van der Waals surface area contributed by atoms with Crippen LogP contribution in [0.2, 0.25) is 0 Å². The summed E-state index contributed by atoms with van der Waals surface area (Å²) in [5.74, 6) is 0.375. The fourth-order valence-corrected chi connectivity index (χ4v) is 2.07. The summed E-state index contributed by atoms with van der Waals surface area (Å²) in [5, 5.41) is 25.0. The van der Waals surface area contributed by atoms with Gasteiger partial charge in [-0.25, -0.2) is 4.98 Å². The summed E-state index contributed by atoms with van der Waals surface area (Å²) in [6, 6.07) is 7.27. The summed E-state index contributed by atoms with van der Waals surface area (Å²) in [5.41, 5.74) is 14.5. The molecule has 0 saturated heterocycles. The molecule has 0 fully saturated rings. The summed E-state index contributed by atoms with van der Waals surface area (Å²) in [4.78, 5) is 6.64. The normalized spacial score (nSPS) is 13.7. The van der Waals surface area contributed by atoms with Crippen LogP contribution in [0.15, 0.2) is 35.6 Å². The van der Waals surface area contributed by atoms with Gasteiger partial charge in [-0.1, -0.05) is 29.4 Å². The van der Waals surface area contributed by atoms with E-state index in [1.807, 2.05) is 18.2 Å². The Kier molecular flexibility index (Phi) is 4.37. The molecule has 0 aliphatic heterocycles. The number of pyridine rings is 1. The van der Waals surface area contributed by atoms with Gasteiger partial charge in [0.15, 0.2) is 0 Å². The molecule has 0 radical (unpaired) electrons. The molecule has 0 bridgehead atoms. The van der Waals surface area contributed by atoms with Crippen molar-refractivity contribution >= 4 is 16.6 Å². The topological polar surface area (TPSA) is 128 Å². The smallest absolute Gasteiger partial charge is 0.131 e. The molecular formula is C13H15N5O2. The molecule has 0 aliphatic rings. The van der Waals surface area contributed by atoms with Crippen LogP contribution in [0.3, 0.4) is 0 Å². The summed E-state index contributed by atoms with van der Waals surface area (Å²) in [6.45, 7) is 0.120. The van der Waals surface area contributed by atoms with Crippen LogP contribution in [0, 0.1) is 0 Å². The summed E-state index contributed by atoms with van der Waals surface area (Å²) in [7, 11) is 0. The van der Waals surface area contributed by atoms with Gasteiger partial charge in [-0.15, -0.1) is 0 Å². The number of nitrogen functional groups attached to an aromatic ring is 1. The van der Waals surface area contributed by atoms with Crippen LogP contribution in [-0.4, -0.2) is 27.8 Å². The number of azide groups is 1. The Labute approximate surface area is 115 Å². The van der Waals surface area contributed by atoms with Gasteiger partial charge in [0, 0.05) is 28.6 Å². The first-order valence-electron chi connectivity index (χ1n) is 6.15. The number of anilines is 1. The molecule has 20 heavy (non-hydrogen) atoms. The van der Waals surface area contributed by atoms with Gasteiger partial charge in [-0.3, -0.25) is 0 Å². The second kappa shape index (κ2) is 6.21. The maximum absolute atomic E-state index is 10.2. The van der Waals surface area contributed by atoms with Crippen LogP contribution >= 0.6 is 0 Å². The molecule has 0 spiro atoms. The highest BCUT2D eigenvalue weighted by molar-refractivity contribution is 5.93. The van der Waals surface area contributed by atoms with Gasteiger partial charge in [0.1, 0.15) is 11.9 Å². The van der Waals surface area contributed by atoms with Crippen molar-refractivity contribution in [3.05, 3.63) is 46.5 Å². The number of aliphatic hydroxyl groups is 2. The Morgan fingerprint density at radius 1 is 1.30 bits per heavy atom. The lowest BCUT2D eigenvalue weighted by Crippen LogP contribution is -2.19. The molecule has 0 saturated carbocycles. The van der Waals surface area contributed by atoms with Gasteiger partial charge < -0.3 is 15.9 Å². The average Bonchev–Trinajstić information content (AvgIpc) is 2.47. The van der Waals surface area contributed by atoms with E-state index in [-0.39, 0.29) is 13.0 Å². The Balaban J connectivity index is 2.32. The minimum absolute atomic E-state index is 0.120. The molecule has 0 aliphatic carbocycles. The van der Waals surface area contributed by atoms with E-state index in [0.29, 0.717) is 11.4 Å². The highest BCUT2D eigenvalue weighted by atomic mass is 16.3. The summed E-state index contributed by atoms with van der Waals surface area (Å²) < 4.78 is 0. The fourth-order valence-electron chi connectivity index (χ4n) is 2.07. The Morgan fingerprint density at radius 2 is 2.00 bits per heavy atom. The van der Waals surface area contributed by atoms with Crippen molar-refractivity contribution in [3.8, 4) is 0 Å². The number of hydrogen-bond acceptors (Lipinski definition) is 5. The average molecular weight is 273 g/mol. The quantitative estimate of drug-likeness (QED) is 0.436. The lowest BCUT2D eigenvalue weighted by atomic mass is 9.98. The molecule has 2 rings (SSSR count). The predicted molar refractivity (Wildman–Crippen MR) is 75.8 cm³/mol. The lowest BCUT2D eigenvalue weighted by molar-refractivity contribution is 0.0157. The number of hydrogen-bond donors (Lipinski definition) is 3. The van der Waals surface area contributed by atoms with Gasteiger partial charge in [-0.2, -0.15) is 0 Å². The van der Waals surface area contributed by atoms with Crippen LogP contribution in [0.25, 0.3) is 21.2 Å². The van der Waals surface area contributed by atoms with Crippen molar-refractivity contribution in [2.45, 2.75) is 18.6 Å². The largest absolute Gasteiger partial charge is 0.390 e. The molecule has 7 heteroatoms. The van der Waals surface area contributed by atoms with Gasteiger partial charge in [-0.05, 0) is 17.3 Å². The maximum atomic E-state index is 10.2. The number of nitrogens with two attached hydrogens (primary N) is 1. The zero-order valence-corrected chi connectivity index (χ0v) is 10.7. The minimum atomic E-state index is -1.11. The standard InChI is InChI=1S/C13H15N5O2/c14-13-9-4-2-1-3-8(9)10(7-16-13)12(20)11(19)5-6-17-18-15/h1-4,7,11-12,19-20H,5-6H2,(H2,14,16). The number of aliphatic hydroxyl groups excluding tert-OH is 2. The molecule has 2 unspecified atom stereocenters. The van der Waals surface area contributed by atoms with E-state index in [4.69, 9.17) is 11.3 Å². The highest BCUT2D eigenvalue weighted by Crippen LogP contribution is 2.29. The van der Waals surface area contributed by atoms with E-state index in [1.165, 1.54) is 6.20 Å². The van der Waals surface area contributed by atoms with Crippen molar-refractivity contribution in [1.29, 1.82) is 0 Å². The molecule has 0 amide bonds.